The van der Waals surface area contributed by atoms with Gasteiger partial charge >= 0.3 is 5.97 Å². The van der Waals surface area contributed by atoms with Crippen LogP contribution in [-0.4, -0.2) is 39.0 Å². The molecule has 0 rings (SSSR count). The van der Waals surface area contributed by atoms with Gasteiger partial charge in [-0.15, -0.1) is 0 Å². The summed E-state index contributed by atoms with van der Waals surface area (Å²) < 4.78 is 13.9. The molecular formula is C6H11ClO4. The number of hydrogen-bond acceptors (Lipinski definition) is 4. The lowest BCUT2D eigenvalue weighted by Crippen LogP contribution is -2.13. The second-order valence-corrected chi connectivity index (χ2v) is 1.86. The second-order valence-electron chi connectivity index (χ2n) is 1.65. The Morgan fingerprint density at radius 3 is 2.55 bits per heavy atom. The van der Waals surface area contributed by atoms with E-state index in [2.05, 4.69) is 4.74 Å². The average Bonchev–Trinajstić information content (AvgIpc) is 2.04. The van der Waals surface area contributed by atoms with Gasteiger partial charge in [0, 0.05) is 0 Å². The van der Waals surface area contributed by atoms with E-state index in [1.807, 2.05) is 0 Å². The number of carbonyl (C=O) groups excluding carboxylic acids is 1. The summed E-state index contributed by atoms with van der Waals surface area (Å²) in [6, 6.07) is 0.140. The molecule has 4 nitrogen and oxygen atoms in total. The molecule has 0 fully saturated rings. The van der Waals surface area contributed by atoms with Crippen molar-refractivity contribution in [3.63, 3.8) is 0 Å². The predicted molar refractivity (Wildman–Crippen MR) is 39.5 cm³/mol. The predicted octanol–water partition coefficient (Wildman–Crippen LogP) is 0.389. The van der Waals surface area contributed by atoms with Crippen molar-refractivity contribution in [1.29, 1.82) is 0 Å². The molecule has 0 aliphatic carbocycles. The van der Waals surface area contributed by atoms with Gasteiger partial charge in [-0.25, -0.2) is 4.79 Å². The number of rotatable bonds is 6. The highest BCUT2D eigenvalue weighted by Crippen LogP contribution is 1.82. The van der Waals surface area contributed by atoms with E-state index < -0.39 is 5.97 Å². The molecule has 0 saturated heterocycles. The Morgan fingerprint density at radius 1 is 1.36 bits per heavy atom. The maximum absolute atomic E-state index is 10.4. The van der Waals surface area contributed by atoms with Crippen molar-refractivity contribution in [2.24, 2.45) is 0 Å². The number of methoxy groups -OCH3 is 1. The Morgan fingerprint density at radius 2 is 2.00 bits per heavy atom. The summed E-state index contributed by atoms with van der Waals surface area (Å²) >= 11 is 5.20. The van der Waals surface area contributed by atoms with Gasteiger partial charge in [0.1, 0.15) is 12.7 Å². The summed E-state index contributed by atoms with van der Waals surface area (Å²) in [5, 5.41) is 0. The SMILES string of the molecule is COC(=O)COCCOCCl. The monoisotopic (exact) mass is 182 g/mol. The van der Waals surface area contributed by atoms with E-state index in [1.165, 1.54) is 7.11 Å². The maximum Gasteiger partial charge on any atom is 0.331 e. The van der Waals surface area contributed by atoms with Crippen molar-refractivity contribution in [3.05, 3.63) is 0 Å². The standard InChI is InChI=1S/C6H11ClO4/c1-9-6(8)4-10-2-3-11-5-7/h2-5H2,1H3. The normalized spacial score (nSPS) is 9.64. The third kappa shape index (κ3) is 7.58. The van der Waals surface area contributed by atoms with Crippen molar-refractivity contribution in [3.8, 4) is 0 Å². The van der Waals surface area contributed by atoms with Gasteiger partial charge in [0.25, 0.3) is 0 Å². The van der Waals surface area contributed by atoms with E-state index in [9.17, 15) is 4.79 Å². The van der Waals surface area contributed by atoms with Gasteiger partial charge in [0.15, 0.2) is 0 Å². The molecule has 0 heterocycles. The fourth-order valence-electron chi connectivity index (χ4n) is 0.387. The molecule has 0 spiro atoms. The van der Waals surface area contributed by atoms with Crippen LogP contribution in [0.3, 0.4) is 0 Å². The van der Waals surface area contributed by atoms with Crippen LogP contribution in [-0.2, 0) is 19.0 Å². The minimum atomic E-state index is -0.393. The largest absolute Gasteiger partial charge is 0.467 e. The lowest BCUT2D eigenvalue weighted by atomic mass is 10.7. The fraction of sp³-hybridized carbons (Fsp3) is 0.833. The van der Waals surface area contributed by atoms with Crippen LogP contribution in [0.1, 0.15) is 0 Å². The molecule has 0 aliphatic heterocycles. The van der Waals surface area contributed by atoms with Crippen LogP contribution in [0, 0.1) is 0 Å². The molecule has 0 amide bonds. The zero-order valence-electron chi connectivity index (χ0n) is 6.34. The molecule has 0 bridgehead atoms. The smallest absolute Gasteiger partial charge is 0.331 e. The van der Waals surface area contributed by atoms with Crippen LogP contribution in [0.4, 0.5) is 0 Å². The molecule has 0 aliphatic rings. The number of hydrogen-bond donors (Lipinski definition) is 0. The molecule has 66 valence electrons. The number of halogens is 1. The summed E-state index contributed by atoms with van der Waals surface area (Å²) in [5.41, 5.74) is 0. The van der Waals surface area contributed by atoms with Gasteiger partial charge < -0.3 is 14.2 Å². The Bertz CT molecular complexity index is 107. The molecule has 0 unspecified atom stereocenters. The summed E-state index contributed by atoms with van der Waals surface area (Å²) in [5.74, 6) is -0.393. The van der Waals surface area contributed by atoms with Gasteiger partial charge in [-0.1, -0.05) is 11.6 Å². The number of carbonyl (C=O) groups is 1. The first-order valence-electron chi connectivity index (χ1n) is 3.09. The van der Waals surface area contributed by atoms with Crippen molar-refractivity contribution in [2.45, 2.75) is 0 Å². The fourth-order valence-corrected chi connectivity index (χ4v) is 0.496. The molecule has 0 N–H and O–H groups in total. The number of alkyl halides is 1. The van der Waals surface area contributed by atoms with Crippen LogP contribution in [0.2, 0.25) is 0 Å². The Balaban J connectivity index is 2.95. The summed E-state index contributed by atoms with van der Waals surface area (Å²) in [7, 11) is 1.31. The van der Waals surface area contributed by atoms with Crippen molar-refractivity contribution in [2.75, 3.05) is 33.0 Å². The first kappa shape index (κ1) is 10.7. The van der Waals surface area contributed by atoms with Crippen LogP contribution >= 0.6 is 11.6 Å². The molecule has 0 saturated carbocycles. The van der Waals surface area contributed by atoms with E-state index in [0.29, 0.717) is 13.2 Å². The summed E-state index contributed by atoms with van der Waals surface area (Å²) in [4.78, 5) is 10.4. The lowest BCUT2D eigenvalue weighted by molar-refractivity contribution is -0.146. The van der Waals surface area contributed by atoms with Crippen LogP contribution in [0.25, 0.3) is 0 Å². The topological polar surface area (TPSA) is 44.8 Å². The van der Waals surface area contributed by atoms with Gasteiger partial charge in [-0.2, -0.15) is 0 Å². The first-order valence-corrected chi connectivity index (χ1v) is 3.63. The minimum absolute atomic E-state index is 0.0395. The Hall–Kier alpha value is -0.320. The third-order valence-corrected chi connectivity index (χ3v) is 1.05. The molecular weight excluding hydrogens is 172 g/mol. The minimum Gasteiger partial charge on any atom is -0.467 e. The van der Waals surface area contributed by atoms with E-state index in [-0.39, 0.29) is 12.7 Å². The quantitative estimate of drug-likeness (QED) is 0.339. The van der Waals surface area contributed by atoms with Gasteiger partial charge in [0.05, 0.1) is 20.3 Å². The maximum atomic E-state index is 10.4. The van der Waals surface area contributed by atoms with E-state index >= 15 is 0 Å². The third-order valence-electron chi connectivity index (χ3n) is 0.897. The molecule has 0 aromatic carbocycles. The Labute approximate surface area is 70.4 Å². The molecule has 0 aromatic heterocycles. The van der Waals surface area contributed by atoms with E-state index in [1.54, 1.807) is 0 Å². The summed E-state index contributed by atoms with van der Waals surface area (Å²) in [6.45, 7) is 0.699. The zero-order chi connectivity index (χ0) is 8.53. The van der Waals surface area contributed by atoms with Gasteiger partial charge in [0.2, 0.25) is 0 Å². The van der Waals surface area contributed by atoms with Crippen LogP contribution in [0.15, 0.2) is 0 Å². The molecule has 5 heteroatoms. The van der Waals surface area contributed by atoms with Crippen LogP contribution < -0.4 is 0 Å². The van der Waals surface area contributed by atoms with Crippen molar-refractivity contribution >= 4 is 17.6 Å². The highest BCUT2D eigenvalue weighted by atomic mass is 35.5. The first-order chi connectivity index (χ1) is 5.31. The van der Waals surface area contributed by atoms with E-state index in [4.69, 9.17) is 21.1 Å². The highest BCUT2D eigenvalue weighted by Gasteiger charge is 1.97. The number of ether oxygens (including phenoxy) is 3. The van der Waals surface area contributed by atoms with Gasteiger partial charge in [-0.3, -0.25) is 0 Å². The number of esters is 1. The zero-order valence-corrected chi connectivity index (χ0v) is 7.10. The molecule has 11 heavy (non-hydrogen) atoms. The van der Waals surface area contributed by atoms with Crippen molar-refractivity contribution < 1.29 is 19.0 Å². The highest BCUT2D eigenvalue weighted by molar-refractivity contribution is 6.17. The summed E-state index contributed by atoms with van der Waals surface area (Å²) in [6.07, 6.45) is 0. The average molecular weight is 183 g/mol. The van der Waals surface area contributed by atoms with Gasteiger partial charge in [-0.05, 0) is 0 Å². The molecule has 0 radical (unpaired) electrons. The Kier molecular flexibility index (Phi) is 7.56. The molecule has 0 atom stereocenters. The molecule has 0 aromatic rings. The van der Waals surface area contributed by atoms with Crippen LogP contribution in [0.5, 0.6) is 0 Å². The van der Waals surface area contributed by atoms with Crippen molar-refractivity contribution in [1.82, 2.24) is 0 Å². The van der Waals surface area contributed by atoms with E-state index in [0.717, 1.165) is 0 Å². The second kappa shape index (κ2) is 7.78. The lowest BCUT2D eigenvalue weighted by Gasteiger charge is -2.01.